The van der Waals surface area contributed by atoms with Gasteiger partial charge in [-0.2, -0.15) is 5.10 Å². The summed E-state index contributed by atoms with van der Waals surface area (Å²) in [6, 6.07) is 3.80. The Kier molecular flexibility index (Phi) is 5.75. The van der Waals surface area contributed by atoms with E-state index in [9.17, 15) is 18.5 Å². The molecule has 3 rings (SSSR count). The van der Waals surface area contributed by atoms with Crippen molar-refractivity contribution in [2.24, 2.45) is 7.05 Å². The second kappa shape index (κ2) is 7.81. The number of aromatic amines is 1. The minimum Gasteiger partial charge on any atom is -0.390 e. The molecule has 0 unspecified atom stereocenters. The summed E-state index contributed by atoms with van der Waals surface area (Å²) >= 11 is 0. The molecule has 0 aliphatic rings. The first-order valence-electron chi connectivity index (χ1n) is 9.19. The van der Waals surface area contributed by atoms with Crippen molar-refractivity contribution in [3.05, 3.63) is 51.8 Å². The van der Waals surface area contributed by atoms with E-state index in [0.29, 0.717) is 27.9 Å². The Bertz CT molecular complexity index is 1150. The fourth-order valence-corrected chi connectivity index (χ4v) is 3.94. The first kappa shape index (κ1) is 21.4. The number of nitrogens with zero attached hydrogens (tertiary/aromatic N) is 2. The summed E-state index contributed by atoms with van der Waals surface area (Å²) in [4.78, 5) is 15.4. The molecular weight excluding hydrogens is 395 g/mol. The number of nitrogens with one attached hydrogen (secondary N) is 2. The van der Waals surface area contributed by atoms with E-state index in [0.717, 1.165) is 0 Å². The molecule has 3 aromatic rings. The SMILES string of the molecule is C[C@@H](N[S@](=O)C(C)(C)C)c1cc(F)cc2c(=O)[nH]c(-c3cn(C)nc3CO)cc12. The van der Waals surface area contributed by atoms with Crippen molar-refractivity contribution in [1.29, 1.82) is 0 Å². The fraction of sp³-hybridized carbons (Fsp3) is 0.400. The molecule has 0 saturated heterocycles. The van der Waals surface area contributed by atoms with Crippen LogP contribution >= 0.6 is 0 Å². The molecule has 0 spiro atoms. The number of aliphatic hydroxyl groups excluding tert-OH is 1. The molecule has 0 bridgehead atoms. The standard InChI is InChI=1S/C20H25FN4O3S/c1-11(24-29(28)20(2,3)4)13-6-12(21)7-15-14(13)8-17(22-19(15)27)16-9-25(5)23-18(16)10-26/h6-9,11,24,26H,10H2,1-5H3,(H,22,27)/t11-,29-/m1/s1. The Morgan fingerprint density at radius 1 is 1.31 bits per heavy atom. The van der Waals surface area contributed by atoms with Crippen molar-refractivity contribution in [2.45, 2.75) is 45.1 Å². The lowest BCUT2D eigenvalue weighted by Gasteiger charge is -2.23. The van der Waals surface area contributed by atoms with Crippen molar-refractivity contribution < 1.29 is 13.7 Å². The van der Waals surface area contributed by atoms with E-state index in [-0.39, 0.29) is 12.0 Å². The third-order valence-corrected chi connectivity index (χ3v) is 6.29. The van der Waals surface area contributed by atoms with Gasteiger partial charge in [0, 0.05) is 24.8 Å². The van der Waals surface area contributed by atoms with Crippen LogP contribution in [0.15, 0.2) is 29.2 Å². The van der Waals surface area contributed by atoms with Gasteiger partial charge in [-0.3, -0.25) is 9.48 Å². The van der Waals surface area contributed by atoms with Gasteiger partial charge in [0.1, 0.15) is 5.82 Å². The Balaban J connectivity index is 2.19. The van der Waals surface area contributed by atoms with Crippen LogP contribution in [0.4, 0.5) is 4.39 Å². The zero-order valence-corrected chi connectivity index (χ0v) is 17.9. The highest BCUT2D eigenvalue weighted by molar-refractivity contribution is 7.84. The average molecular weight is 421 g/mol. The van der Waals surface area contributed by atoms with Gasteiger partial charge >= 0.3 is 0 Å². The van der Waals surface area contributed by atoms with Crippen molar-refractivity contribution in [3.63, 3.8) is 0 Å². The summed E-state index contributed by atoms with van der Waals surface area (Å²) in [6.45, 7) is 7.02. The highest BCUT2D eigenvalue weighted by atomic mass is 32.2. The van der Waals surface area contributed by atoms with E-state index in [1.807, 2.05) is 20.8 Å². The van der Waals surface area contributed by atoms with Gasteiger partial charge in [0.2, 0.25) is 0 Å². The topological polar surface area (TPSA) is 100 Å². The lowest BCUT2D eigenvalue weighted by molar-refractivity contribution is 0.276. The number of hydrogen-bond acceptors (Lipinski definition) is 4. The molecule has 1 aromatic carbocycles. The summed E-state index contributed by atoms with van der Waals surface area (Å²) in [7, 11) is 0.348. The molecule has 0 aliphatic carbocycles. The maximum atomic E-state index is 14.3. The Labute approximate surface area is 170 Å². The number of aryl methyl sites for hydroxylation is 1. The van der Waals surface area contributed by atoms with Gasteiger partial charge in [-0.25, -0.2) is 13.3 Å². The van der Waals surface area contributed by atoms with Crippen LogP contribution in [0.2, 0.25) is 0 Å². The number of H-pyrrole nitrogens is 1. The van der Waals surface area contributed by atoms with E-state index < -0.39 is 33.2 Å². The molecule has 3 N–H and O–H groups in total. The molecule has 0 radical (unpaired) electrons. The maximum Gasteiger partial charge on any atom is 0.256 e. The van der Waals surface area contributed by atoms with Crippen LogP contribution in [0.3, 0.4) is 0 Å². The summed E-state index contributed by atoms with van der Waals surface area (Å²) in [5, 5.41) is 14.5. The molecule has 0 fully saturated rings. The third kappa shape index (κ3) is 4.31. The number of halogens is 1. The smallest absolute Gasteiger partial charge is 0.256 e. The van der Waals surface area contributed by atoms with Crippen LogP contribution in [0, 0.1) is 5.82 Å². The number of hydrogen-bond donors (Lipinski definition) is 3. The number of aromatic nitrogens is 3. The van der Waals surface area contributed by atoms with Gasteiger partial charge in [-0.1, -0.05) is 0 Å². The monoisotopic (exact) mass is 420 g/mol. The lowest BCUT2D eigenvalue weighted by Crippen LogP contribution is -2.35. The van der Waals surface area contributed by atoms with E-state index in [1.165, 1.54) is 12.1 Å². The van der Waals surface area contributed by atoms with Gasteiger partial charge in [0.25, 0.3) is 5.56 Å². The molecule has 156 valence electrons. The lowest BCUT2D eigenvalue weighted by atomic mass is 9.99. The Hall–Kier alpha value is -2.36. The van der Waals surface area contributed by atoms with Crippen LogP contribution < -0.4 is 10.3 Å². The number of fused-ring (bicyclic) bond motifs is 1. The second-order valence-corrected chi connectivity index (χ2v) is 10.0. The largest absolute Gasteiger partial charge is 0.390 e. The molecule has 0 saturated carbocycles. The third-order valence-electron chi connectivity index (χ3n) is 4.61. The van der Waals surface area contributed by atoms with Crippen LogP contribution in [-0.4, -0.2) is 28.8 Å². The summed E-state index contributed by atoms with van der Waals surface area (Å²) < 4.78 is 30.8. The number of pyridine rings is 1. The van der Waals surface area contributed by atoms with Crippen LogP contribution in [0.25, 0.3) is 22.0 Å². The first-order valence-corrected chi connectivity index (χ1v) is 10.3. The first-order chi connectivity index (χ1) is 13.5. The van der Waals surface area contributed by atoms with E-state index in [4.69, 9.17) is 0 Å². The Morgan fingerprint density at radius 3 is 2.62 bits per heavy atom. The highest BCUT2D eigenvalue weighted by Crippen LogP contribution is 2.29. The van der Waals surface area contributed by atoms with Crippen molar-refractivity contribution in [1.82, 2.24) is 19.5 Å². The summed E-state index contributed by atoms with van der Waals surface area (Å²) in [5.41, 5.74) is 1.56. The average Bonchev–Trinajstić information content (AvgIpc) is 3.01. The highest BCUT2D eigenvalue weighted by Gasteiger charge is 2.23. The number of rotatable bonds is 5. The predicted molar refractivity (Wildman–Crippen MR) is 112 cm³/mol. The molecule has 9 heteroatoms. The summed E-state index contributed by atoms with van der Waals surface area (Å²) in [6.07, 6.45) is 1.70. The fourth-order valence-electron chi connectivity index (χ4n) is 3.14. The van der Waals surface area contributed by atoms with Crippen LogP contribution in [0.5, 0.6) is 0 Å². The maximum absolute atomic E-state index is 14.3. The van der Waals surface area contributed by atoms with Crippen molar-refractivity contribution >= 4 is 21.8 Å². The molecule has 2 heterocycles. The van der Waals surface area contributed by atoms with Gasteiger partial charge in [0.15, 0.2) is 0 Å². The molecule has 7 nitrogen and oxygen atoms in total. The summed E-state index contributed by atoms with van der Waals surface area (Å²) in [5.74, 6) is -0.543. The molecule has 2 aromatic heterocycles. The van der Waals surface area contributed by atoms with Crippen molar-refractivity contribution in [3.8, 4) is 11.3 Å². The Morgan fingerprint density at radius 2 is 2.00 bits per heavy atom. The quantitative estimate of drug-likeness (QED) is 0.591. The van der Waals surface area contributed by atoms with Gasteiger partial charge in [-0.15, -0.1) is 0 Å². The predicted octanol–water partition coefficient (Wildman–Crippen LogP) is 2.67. The van der Waals surface area contributed by atoms with Crippen LogP contribution in [-0.2, 0) is 24.6 Å². The zero-order valence-electron chi connectivity index (χ0n) is 17.0. The van der Waals surface area contributed by atoms with Gasteiger partial charge in [0.05, 0.1) is 39.1 Å². The van der Waals surface area contributed by atoms with E-state index in [2.05, 4.69) is 14.8 Å². The van der Waals surface area contributed by atoms with Crippen molar-refractivity contribution in [2.75, 3.05) is 0 Å². The minimum atomic E-state index is -1.37. The van der Waals surface area contributed by atoms with E-state index in [1.54, 1.807) is 30.9 Å². The number of aliphatic hydroxyl groups is 1. The second-order valence-electron chi connectivity index (χ2n) is 8.01. The number of benzene rings is 1. The van der Waals surface area contributed by atoms with E-state index >= 15 is 0 Å². The molecule has 29 heavy (non-hydrogen) atoms. The minimum absolute atomic E-state index is 0.202. The molecule has 0 aliphatic heterocycles. The molecule has 2 atom stereocenters. The zero-order chi connectivity index (χ0) is 21.5. The normalized spacial score (nSPS) is 14.3. The van der Waals surface area contributed by atoms with Gasteiger partial charge < -0.3 is 10.1 Å². The van der Waals surface area contributed by atoms with Gasteiger partial charge in [-0.05, 0) is 56.8 Å². The molecule has 0 amide bonds. The molecular formula is C20H25FN4O3S. The van der Waals surface area contributed by atoms with Crippen LogP contribution in [0.1, 0.15) is 45.0 Å².